The molecule has 4 fully saturated rings. The van der Waals surface area contributed by atoms with Gasteiger partial charge in [0, 0.05) is 7.92 Å². The summed E-state index contributed by atoms with van der Waals surface area (Å²) in [7, 11) is 10.3. The van der Waals surface area contributed by atoms with Crippen molar-refractivity contribution >= 4 is 42.2 Å². The summed E-state index contributed by atoms with van der Waals surface area (Å²) >= 11 is -2.02. The van der Waals surface area contributed by atoms with Gasteiger partial charge in [0.2, 0.25) is 0 Å². The van der Waals surface area contributed by atoms with E-state index in [4.69, 9.17) is 33.1 Å². The van der Waals surface area contributed by atoms with Crippen molar-refractivity contribution in [3.8, 4) is 5.75 Å². The van der Waals surface area contributed by atoms with Crippen LogP contribution in [0.5, 0.6) is 5.75 Å². The summed E-state index contributed by atoms with van der Waals surface area (Å²) in [5, 5.41) is 2.72. The minimum atomic E-state index is -2.02. The van der Waals surface area contributed by atoms with E-state index in [-0.39, 0.29) is 14.0 Å². The molecule has 1 saturated heterocycles. The molecule has 0 unspecified atom stereocenters. The SMILES string of the molecule is C1CCC([PH+](C2CCCCC2)C2CCCCC2)CC1.CC(C)Oc1ccc(S2(ON=O)CCOCC2)cc1[CH]=[Ru]([Cl])[Cl]. The molecule has 242 valence electrons. The fraction of sp³-hybridized carbons (Fsp3) is 0.781. The molecule has 0 bridgehead atoms. The third-order valence-electron chi connectivity index (χ3n) is 9.48. The van der Waals surface area contributed by atoms with E-state index in [9.17, 15) is 4.91 Å². The van der Waals surface area contributed by atoms with Crippen molar-refractivity contribution in [1.82, 2.24) is 0 Å². The molecule has 3 aliphatic carbocycles. The van der Waals surface area contributed by atoms with Crippen LogP contribution in [0.3, 0.4) is 0 Å². The van der Waals surface area contributed by atoms with E-state index in [1.54, 1.807) is 96.3 Å². The zero-order valence-electron chi connectivity index (χ0n) is 25.7. The number of benzene rings is 1. The zero-order valence-corrected chi connectivity index (χ0v) is 30.7. The van der Waals surface area contributed by atoms with Gasteiger partial charge in [-0.15, -0.1) is 0 Å². The van der Waals surface area contributed by atoms with Gasteiger partial charge in [-0.25, -0.2) is 0 Å². The third-order valence-corrected chi connectivity index (χ3v) is 19.0. The van der Waals surface area contributed by atoms with Gasteiger partial charge in [-0.05, 0) is 77.0 Å². The molecule has 0 spiro atoms. The Morgan fingerprint density at radius 3 is 1.81 bits per heavy atom. The van der Waals surface area contributed by atoms with Crippen molar-refractivity contribution in [3.63, 3.8) is 0 Å². The number of hydrogen-bond acceptors (Lipinski definition) is 5. The van der Waals surface area contributed by atoms with Crippen LogP contribution in [0.2, 0.25) is 0 Å². The fourth-order valence-corrected chi connectivity index (χ4v) is 17.1. The molecule has 5 rings (SSSR count). The molecule has 5 nitrogen and oxygen atoms in total. The van der Waals surface area contributed by atoms with Crippen molar-refractivity contribution in [2.45, 2.75) is 138 Å². The molecule has 1 aliphatic heterocycles. The quantitative estimate of drug-likeness (QED) is 0.109. The standard InChI is InChI=1S/C18H33P.C14H19NO4S.2ClH.Ru/c1-4-10-16(11-5-1)19(17-12-6-2-7-13-17)18-14-8-3-9-15-18;1-11(2)18-14-5-4-13(10-12(14)3)20(19-15-16)8-6-17-7-9-20;;;/h16-18H,1-15H2;3-5,10-11H,6-9H2,1-2H3;2*1H;/q;;;;+2/p-1. The van der Waals surface area contributed by atoms with Crippen LogP contribution in [0.1, 0.15) is 116 Å². The normalized spacial score (nSPS) is 23.4. The molecule has 1 aromatic rings. The molecular weight excluding hydrogens is 697 g/mol. The topological polar surface area (TPSA) is 57.1 Å². The molecule has 4 aliphatic rings. The van der Waals surface area contributed by atoms with Gasteiger partial charge in [-0.3, -0.25) is 0 Å². The Labute approximate surface area is 270 Å². The minimum absolute atomic E-state index is 0.0385. The van der Waals surface area contributed by atoms with Crippen LogP contribution in [0.4, 0.5) is 0 Å². The van der Waals surface area contributed by atoms with Gasteiger partial charge in [0.15, 0.2) is 0 Å². The maximum atomic E-state index is 10.8. The first-order valence-corrected chi connectivity index (χ1v) is 25.4. The van der Waals surface area contributed by atoms with E-state index in [1.165, 1.54) is 17.0 Å². The molecule has 10 heteroatoms. The molecule has 3 saturated carbocycles. The molecule has 0 aromatic heterocycles. The first-order valence-electron chi connectivity index (χ1n) is 16.3. The predicted octanol–water partition coefficient (Wildman–Crippen LogP) is 10.6. The third kappa shape index (κ3) is 10.4. The van der Waals surface area contributed by atoms with Crippen molar-refractivity contribution in [2.24, 2.45) is 5.34 Å². The Kier molecular flexibility index (Phi) is 15.4. The summed E-state index contributed by atoms with van der Waals surface area (Å²) in [4.78, 5) is 11.7. The van der Waals surface area contributed by atoms with Crippen LogP contribution in [0.25, 0.3) is 0 Å². The van der Waals surface area contributed by atoms with Crippen molar-refractivity contribution < 1.29 is 27.3 Å². The van der Waals surface area contributed by atoms with Gasteiger partial charge in [0.25, 0.3) is 0 Å². The average molecular weight is 751 g/mol. The summed E-state index contributed by atoms with van der Waals surface area (Å²) in [6.45, 7) is 5.02. The zero-order chi connectivity index (χ0) is 29.8. The molecule has 1 heterocycles. The predicted molar refractivity (Wildman–Crippen MR) is 181 cm³/mol. The summed E-state index contributed by atoms with van der Waals surface area (Å²) in [5.41, 5.74) is 4.52. The van der Waals surface area contributed by atoms with Gasteiger partial charge < -0.3 is 0 Å². The van der Waals surface area contributed by atoms with E-state index in [0.717, 1.165) is 16.2 Å². The van der Waals surface area contributed by atoms with Crippen LogP contribution < -0.4 is 4.74 Å². The second-order valence-electron chi connectivity index (χ2n) is 12.7. The molecule has 0 atom stereocenters. The Morgan fingerprint density at radius 2 is 1.38 bits per heavy atom. The number of ether oxygens (including phenoxy) is 2. The molecule has 1 aromatic carbocycles. The van der Waals surface area contributed by atoms with Crippen LogP contribution >= 0.6 is 37.6 Å². The second-order valence-corrected chi connectivity index (χ2v) is 24.9. The van der Waals surface area contributed by atoms with E-state index in [2.05, 4.69) is 5.34 Å². The Bertz CT molecular complexity index is 948. The summed E-state index contributed by atoms with van der Waals surface area (Å²) in [5.74, 6) is 2.02. The van der Waals surface area contributed by atoms with Crippen molar-refractivity contribution in [3.05, 3.63) is 28.7 Å². The van der Waals surface area contributed by atoms with Crippen LogP contribution in [0.15, 0.2) is 28.4 Å². The number of nitrogens with zero attached hydrogens (tertiary/aromatic N) is 1. The van der Waals surface area contributed by atoms with E-state index >= 15 is 0 Å². The summed E-state index contributed by atoms with van der Waals surface area (Å²) in [6.07, 6.45) is 23.8. The van der Waals surface area contributed by atoms with Gasteiger partial charge in [-0.1, -0.05) is 19.3 Å². The average Bonchev–Trinajstić information content (AvgIpc) is 3.00. The van der Waals surface area contributed by atoms with Crippen molar-refractivity contribution in [2.75, 3.05) is 24.7 Å². The second kappa shape index (κ2) is 18.4. The van der Waals surface area contributed by atoms with Gasteiger partial charge in [0.1, 0.15) is 0 Å². The Hall–Kier alpha value is 0.233. The summed E-state index contributed by atoms with van der Waals surface area (Å²) in [6, 6.07) is 5.76. The number of halogens is 2. The van der Waals surface area contributed by atoms with Crippen LogP contribution in [-0.4, -0.2) is 52.4 Å². The molecular formula is C32H53Cl2NO4PRuS+. The van der Waals surface area contributed by atoms with Crippen LogP contribution in [0, 0.1) is 4.91 Å². The maximum absolute atomic E-state index is 10.8. The Balaban J connectivity index is 0.000000196. The fourth-order valence-electron chi connectivity index (χ4n) is 7.59. The van der Waals surface area contributed by atoms with E-state index in [1.807, 2.05) is 36.7 Å². The molecule has 0 amide bonds. The van der Waals surface area contributed by atoms with Crippen molar-refractivity contribution in [1.29, 1.82) is 0 Å². The van der Waals surface area contributed by atoms with E-state index < -0.39 is 23.8 Å². The molecule has 0 N–H and O–H groups in total. The summed E-state index contributed by atoms with van der Waals surface area (Å²) < 4.78 is 18.4. The van der Waals surface area contributed by atoms with Gasteiger partial charge in [-0.2, -0.15) is 0 Å². The first kappa shape index (κ1) is 35.1. The van der Waals surface area contributed by atoms with Crippen LogP contribution in [-0.2, 0) is 22.5 Å². The monoisotopic (exact) mass is 750 g/mol. The molecule has 42 heavy (non-hydrogen) atoms. The van der Waals surface area contributed by atoms with E-state index in [0.29, 0.717) is 24.7 Å². The Morgan fingerprint density at radius 1 is 0.881 bits per heavy atom. The molecule has 0 radical (unpaired) electrons. The van der Waals surface area contributed by atoms with Gasteiger partial charge in [0.05, 0.1) is 17.0 Å². The number of hydrogen-bond donors (Lipinski definition) is 0. The first-order chi connectivity index (χ1) is 20.4. The number of rotatable bonds is 9. The van der Waals surface area contributed by atoms with Gasteiger partial charge >= 0.3 is 151 Å².